The van der Waals surface area contributed by atoms with Crippen LogP contribution in [0.25, 0.3) is 10.9 Å². The van der Waals surface area contributed by atoms with Crippen LogP contribution in [0.2, 0.25) is 5.02 Å². The van der Waals surface area contributed by atoms with Crippen LogP contribution in [-0.4, -0.2) is 29.9 Å². The number of amides is 2. The maximum atomic E-state index is 12.2. The lowest BCUT2D eigenvalue weighted by atomic mass is 10.1. The molecule has 0 aliphatic heterocycles. The summed E-state index contributed by atoms with van der Waals surface area (Å²) >= 11 is 6.16. The van der Waals surface area contributed by atoms with Crippen molar-refractivity contribution in [3.05, 3.63) is 64.8 Å². The highest BCUT2D eigenvalue weighted by atomic mass is 35.5. The van der Waals surface area contributed by atoms with Crippen LogP contribution in [0.4, 0.5) is 5.69 Å². The molecule has 6 heteroatoms. The second-order valence-electron chi connectivity index (χ2n) is 6.81. The van der Waals surface area contributed by atoms with Gasteiger partial charge in [0.2, 0.25) is 11.8 Å². The Hall–Kier alpha value is -2.79. The van der Waals surface area contributed by atoms with Gasteiger partial charge in [0.1, 0.15) is 0 Å². The van der Waals surface area contributed by atoms with Crippen molar-refractivity contribution in [2.45, 2.75) is 26.7 Å². The van der Waals surface area contributed by atoms with E-state index in [1.165, 1.54) is 17.9 Å². The molecule has 28 heavy (non-hydrogen) atoms. The molecule has 146 valence electrons. The molecule has 0 radical (unpaired) electrons. The summed E-state index contributed by atoms with van der Waals surface area (Å²) in [6.45, 7) is 4.26. The Balaban J connectivity index is 1.52. The van der Waals surface area contributed by atoms with Gasteiger partial charge in [-0.2, -0.15) is 0 Å². The molecule has 1 heterocycles. The molecule has 3 aromatic rings. The van der Waals surface area contributed by atoms with Crippen LogP contribution in [0.5, 0.6) is 0 Å². The molecule has 5 nitrogen and oxygen atoms in total. The van der Waals surface area contributed by atoms with E-state index in [1.54, 1.807) is 11.0 Å². The molecular formula is C22H24ClN3O2. The van der Waals surface area contributed by atoms with Gasteiger partial charge in [0.15, 0.2) is 0 Å². The Bertz CT molecular complexity index is 996. The number of hydrogen-bond donors (Lipinski definition) is 2. The van der Waals surface area contributed by atoms with Crippen LogP contribution in [0.3, 0.4) is 0 Å². The summed E-state index contributed by atoms with van der Waals surface area (Å²) in [5, 5.41) is 4.72. The number of benzene rings is 2. The van der Waals surface area contributed by atoms with Crippen molar-refractivity contribution in [3.63, 3.8) is 0 Å². The molecule has 1 aromatic heterocycles. The van der Waals surface area contributed by atoms with E-state index in [-0.39, 0.29) is 18.2 Å². The minimum Gasteiger partial charge on any atom is -0.361 e. The summed E-state index contributed by atoms with van der Waals surface area (Å²) in [7, 11) is 0. The van der Waals surface area contributed by atoms with E-state index >= 15 is 0 Å². The molecule has 2 N–H and O–H groups in total. The molecule has 0 spiro atoms. The number of aryl methyl sites for hydroxylation is 1. The average molecular weight is 398 g/mol. The fraction of sp³-hybridized carbons (Fsp3) is 0.273. The first-order chi connectivity index (χ1) is 13.5. The predicted octanol–water partition coefficient (Wildman–Crippen LogP) is 4.23. The van der Waals surface area contributed by atoms with Gasteiger partial charge in [-0.15, -0.1) is 0 Å². The van der Waals surface area contributed by atoms with Crippen LogP contribution < -0.4 is 10.2 Å². The minimum atomic E-state index is -0.119. The zero-order valence-corrected chi connectivity index (χ0v) is 16.8. The highest BCUT2D eigenvalue weighted by molar-refractivity contribution is 6.31. The molecule has 0 aliphatic carbocycles. The molecule has 2 aromatic carbocycles. The first kappa shape index (κ1) is 20.0. The number of nitrogens with zero attached hydrogens (tertiary/aromatic N) is 1. The largest absolute Gasteiger partial charge is 0.361 e. The van der Waals surface area contributed by atoms with Crippen LogP contribution >= 0.6 is 11.6 Å². The van der Waals surface area contributed by atoms with Crippen LogP contribution in [0, 0.1) is 6.92 Å². The lowest BCUT2D eigenvalue weighted by molar-refractivity contribution is -0.121. The van der Waals surface area contributed by atoms with Crippen molar-refractivity contribution in [2.24, 2.45) is 0 Å². The number of H-pyrrole nitrogens is 1. The number of para-hydroxylation sites is 1. The normalized spacial score (nSPS) is 10.8. The van der Waals surface area contributed by atoms with E-state index in [2.05, 4.69) is 16.4 Å². The number of nitrogens with one attached hydrogen (secondary N) is 2. The van der Waals surface area contributed by atoms with Crippen molar-refractivity contribution in [3.8, 4) is 0 Å². The summed E-state index contributed by atoms with van der Waals surface area (Å²) in [5.41, 5.74) is 3.92. The van der Waals surface area contributed by atoms with Gasteiger partial charge in [-0.3, -0.25) is 9.59 Å². The Morgan fingerprint density at radius 1 is 1.18 bits per heavy atom. The fourth-order valence-corrected chi connectivity index (χ4v) is 3.37. The van der Waals surface area contributed by atoms with Crippen LogP contribution in [0.15, 0.2) is 48.7 Å². The van der Waals surface area contributed by atoms with Crippen molar-refractivity contribution >= 4 is 40.0 Å². The summed E-state index contributed by atoms with van der Waals surface area (Å²) in [6, 6.07) is 13.6. The van der Waals surface area contributed by atoms with Gasteiger partial charge in [0.25, 0.3) is 0 Å². The van der Waals surface area contributed by atoms with Crippen molar-refractivity contribution in [1.82, 2.24) is 10.3 Å². The molecule has 0 saturated carbocycles. The monoisotopic (exact) mass is 397 g/mol. The predicted molar refractivity (Wildman–Crippen MR) is 114 cm³/mol. The topological polar surface area (TPSA) is 65.2 Å². The molecule has 0 saturated heterocycles. The van der Waals surface area contributed by atoms with Crippen LogP contribution in [0.1, 0.15) is 24.5 Å². The number of carbonyl (C=O) groups is 2. The Morgan fingerprint density at radius 3 is 2.71 bits per heavy atom. The number of fused-ring (bicyclic) bond motifs is 1. The van der Waals surface area contributed by atoms with Gasteiger partial charge in [-0.1, -0.05) is 35.9 Å². The number of aromatic amines is 1. The highest BCUT2D eigenvalue weighted by Crippen LogP contribution is 2.23. The van der Waals surface area contributed by atoms with Crippen molar-refractivity contribution in [1.29, 1.82) is 0 Å². The molecule has 0 unspecified atom stereocenters. The number of rotatable bonds is 7. The van der Waals surface area contributed by atoms with Crippen molar-refractivity contribution in [2.75, 3.05) is 18.0 Å². The number of aromatic nitrogens is 1. The van der Waals surface area contributed by atoms with E-state index < -0.39 is 0 Å². The zero-order valence-electron chi connectivity index (χ0n) is 16.1. The molecule has 0 bridgehead atoms. The summed E-state index contributed by atoms with van der Waals surface area (Å²) in [4.78, 5) is 29.0. The Kier molecular flexibility index (Phi) is 6.37. The van der Waals surface area contributed by atoms with Gasteiger partial charge < -0.3 is 15.2 Å². The number of halogens is 1. The maximum absolute atomic E-state index is 12.2. The first-order valence-electron chi connectivity index (χ1n) is 9.31. The zero-order chi connectivity index (χ0) is 20.1. The van der Waals surface area contributed by atoms with Gasteiger partial charge in [0.05, 0.1) is 0 Å². The smallest absolute Gasteiger partial charge is 0.223 e. The first-order valence-corrected chi connectivity index (χ1v) is 9.69. The molecule has 2 amide bonds. The van der Waals surface area contributed by atoms with Crippen molar-refractivity contribution < 1.29 is 9.59 Å². The third-order valence-electron chi connectivity index (χ3n) is 4.80. The molecule has 0 aliphatic rings. The summed E-state index contributed by atoms with van der Waals surface area (Å²) in [6.07, 6.45) is 2.97. The van der Waals surface area contributed by atoms with E-state index in [0.717, 1.165) is 17.5 Å². The van der Waals surface area contributed by atoms with Gasteiger partial charge in [0, 0.05) is 54.2 Å². The molecule has 0 fully saturated rings. The number of anilines is 1. The summed E-state index contributed by atoms with van der Waals surface area (Å²) in [5.74, 6) is -0.198. The standard InChI is InChI=1S/C22H24ClN3O2/c1-15-7-8-18(13-20(15)23)26(16(2)27)12-10-22(28)24-11-9-17-14-25-21-6-4-3-5-19(17)21/h3-8,13-14,25H,9-12H2,1-2H3,(H,24,28). The average Bonchev–Trinajstić information content (AvgIpc) is 3.08. The molecule has 0 atom stereocenters. The quantitative estimate of drug-likeness (QED) is 0.626. The number of carbonyl (C=O) groups excluding carboxylic acids is 2. The fourth-order valence-electron chi connectivity index (χ4n) is 3.19. The van der Waals surface area contributed by atoms with E-state index in [0.29, 0.717) is 23.8 Å². The SMILES string of the molecule is CC(=O)N(CCC(=O)NCCc1c[nH]c2ccccc12)c1ccc(C)c(Cl)c1. The lowest BCUT2D eigenvalue weighted by Crippen LogP contribution is -2.34. The maximum Gasteiger partial charge on any atom is 0.223 e. The van der Waals surface area contributed by atoms with E-state index in [9.17, 15) is 9.59 Å². The van der Waals surface area contributed by atoms with Crippen LogP contribution in [-0.2, 0) is 16.0 Å². The Labute approximate surface area is 169 Å². The van der Waals surface area contributed by atoms with Gasteiger partial charge >= 0.3 is 0 Å². The third kappa shape index (κ3) is 4.73. The molecular weight excluding hydrogens is 374 g/mol. The number of hydrogen-bond acceptors (Lipinski definition) is 2. The van der Waals surface area contributed by atoms with Gasteiger partial charge in [-0.25, -0.2) is 0 Å². The Morgan fingerprint density at radius 2 is 1.96 bits per heavy atom. The lowest BCUT2D eigenvalue weighted by Gasteiger charge is -2.21. The summed E-state index contributed by atoms with van der Waals surface area (Å²) < 4.78 is 0. The van der Waals surface area contributed by atoms with Gasteiger partial charge in [-0.05, 0) is 42.7 Å². The highest BCUT2D eigenvalue weighted by Gasteiger charge is 2.14. The molecule has 3 rings (SSSR count). The van der Waals surface area contributed by atoms with E-state index in [1.807, 2.05) is 43.5 Å². The van der Waals surface area contributed by atoms with E-state index in [4.69, 9.17) is 11.6 Å². The third-order valence-corrected chi connectivity index (χ3v) is 5.21. The minimum absolute atomic E-state index is 0.0794. The second-order valence-corrected chi connectivity index (χ2v) is 7.22. The second kappa shape index (κ2) is 8.93.